The van der Waals surface area contributed by atoms with Crippen LogP contribution >= 0.6 is 0 Å². The van der Waals surface area contributed by atoms with Gasteiger partial charge in [-0.05, 0) is 44.8 Å². The summed E-state index contributed by atoms with van der Waals surface area (Å²) in [5.41, 5.74) is 0. The van der Waals surface area contributed by atoms with Crippen molar-refractivity contribution >= 4 is 11.8 Å². The number of nitrogens with one attached hydrogen (secondary N) is 1. The molecule has 0 unspecified atom stereocenters. The fourth-order valence-corrected chi connectivity index (χ4v) is 2.92. The van der Waals surface area contributed by atoms with Gasteiger partial charge in [-0.3, -0.25) is 19.4 Å². The summed E-state index contributed by atoms with van der Waals surface area (Å²) in [7, 11) is 0. The van der Waals surface area contributed by atoms with E-state index in [-0.39, 0.29) is 11.8 Å². The molecule has 0 atom stereocenters. The van der Waals surface area contributed by atoms with E-state index in [2.05, 4.69) is 17.1 Å². The van der Waals surface area contributed by atoms with E-state index in [0.717, 1.165) is 32.6 Å². The van der Waals surface area contributed by atoms with E-state index in [1.807, 2.05) is 0 Å². The predicted octanol–water partition coefficient (Wildman–Crippen LogP) is 0.457. The van der Waals surface area contributed by atoms with Crippen molar-refractivity contribution in [3.05, 3.63) is 0 Å². The smallest absolute Gasteiger partial charge is 0.243 e. The van der Waals surface area contributed by atoms with Gasteiger partial charge >= 0.3 is 0 Å². The SMILES string of the molecule is CCN(CC(=O)N1CCCC1=O)CC1CCNCC1. The Bertz CT molecular complexity index is 327. The number of hydrogen-bond donors (Lipinski definition) is 1. The van der Waals surface area contributed by atoms with Gasteiger partial charge in [-0.2, -0.15) is 0 Å². The average Bonchev–Trinajstić information content (AvgIpc) is 2.85. The number of nitrogens with zero attached hydrogens (tertiary/aromatic N) is 2. The van der Waals surface area contributed by atoms with Crippen LogP contribution in [0.15, 0.2) is 0 Å². The summed E-state index contributed by atoms with van der Waals surface area (Å²) in [6, 6.07) is 0. The molecule has 19 heavy (non-hydrogen) atoms. The van der Waals surface area contributed by atoms with Gasteiger partial charge in [0.1, 0.15) is 0 Å². The third-order valence-electron chi connectivity index (χ3n) is 4.16. The largest absolute Gasteiger partial charge is 0.317 e. The van der Waals surface area contributed by atoms with Gasteiger partial charge in [0, 0.05) is 19.5 Å². The zero-order chi connectivity index (χ0) is 13.7. The molecule has 5 nitrogen and oxygen atoms in total. The zero-order valence-electron chi connectivity index (χ0n) is 11.9. The van der Waals surface area contributed by atoms with Crippen LogP contribution in [0.1, 0.15) is 32.6 Å². The number of carbonyl (C=O) groups excluding carboxylic acids is 2. The zero-order valence-corrected chi connectivity index (χ0v) is 11.9. The lowest BCUT2D eigenvalue weighted by molar-refractivity contribution is -0.142. The van der Waals surface area contributed by atoms with Crippen LogP contribution in [0.2, 0.25) is 0 Å². The topological polar surface area (TPSA) is 52.7 Å². The Morgan fingerprint density at radius 2 is 2.16 bits per heavy atom. The monoisotopic (exact) mass is 267 g/mol. The fraction of sp³-hybridized carbons (Fsp3) is 0.857. The molecule has 2 fully saturated rings. The second kappa shape index (κ2) is 7.01. The summed E-state index contributed by atoms with van der Waals surface area (Å²) in [5.74, 6) is 0.671. The number of amides is 2. The van der Waals surface area contributed by atoms with Gasteiger partial charge in [0.05, 0.1) is 6.54 Å². The minimum atomic E-state index is -0.0155. The molecule has 1 N–H and O–H groups in total. The molecule has 0 aliphatic carbocycles. The van der Waals surface area contributed by atoms with Crippen molar-refractivity contribution in [2.75, 3.05) is 39.3 Å². The van der Waals surface area contributed by atoms with Crippen molar-refractivity contribution in [1.82, 2.24) is 15.1 Å². The van der Waals surface area contributed by atoms with E-state index in [9.17, 15) is 9.59 Å². The molecule has 2 aliphatic rings. The molecule has 0 spiro atoms. The Hall–Kier alpha value is -0.940. The molecule has 0 radical (unpaired) electrons. The van der Waals surface area contributed by atoms with Crippen molar-refractivity contribution in [1.29, 1.82) is 0 Å². The van der Waals surface area contributed by atoms with Crippen LogP contribution in [0.5, 0.6) is 0 Å². The summed E-state index contributed by atoms with van der Waals surface area (Å²) in [6.45, 7) is 7.11. The quantitative estimate of drug-likeness (QED) is 0.786. The molecular formula is C14H25N3O2. The number of carbonyl (C=O) groups is 2. The fourth-order valence-electron chi connectivity index (χ4n) is 2.92. The van der Waals surface area contributed by atoms with E-state index in [1.165, 1.54) is 17.7 Å². The Kier molecular flexibility index (Phi) is 5.34. The maximum absolute atomic E-state index is 12.1. The van der Waals surface area contributed by atoms with Gasteiger partial charge in [0.15, 0.2) is 0 Å². The molecule has 2 rings (SSSR count). The highest BCUT2D eigenvalue weighted by atomic mass is 16.2. The molecule has 0 aromatic carbocycles. The Labute approximate surface area is 115 Å². The van der Waals surface area contributed by atoms with E-state index in [1.54, 1.807) is 0 Å². The van der Waals surface area contributed by atoms with Crippen LogP contribution in [0, 0.1) is 5.92 Å². The molecule has 0 aromatic rings. The summed E-state index contributed by atoms with van der Waals surface area (Å²) in [5, 5.41) is 3.36. The first-order valence-corrected chi connectivity index (χ1v) is 7.47. The lowest BCUT2D eigenvalue weighted by Crippen LogP contribution is -2.43. The Morgan fingerprint density at radius 3 is 2.74 bits per heavy atom. The molecule has 0 saturated carbocycles. The van der Waals surface area contributed by atoms with Gasteiger partial charge < -0.3 is 5.32 Å². The molecular weight excluding hydrogens is 242 g/mol. The van der Waals surface area contributed by atoms with E-state index in [4.69, 9.17) is 0 Å². The van der Waals surface area contributed by atoms with Gasteiger partial charge in [-0.15, -0.1) is 0 Å². The maximum Gasteiger partial charge on any atom is 0.243 e. The maximum atomic E-state index is 12.1. The lowest BCUT2D eigenvalue weighted by atomic mass is 9.97. The number of likely N-dealkylation sites (N-methyl/N-ethyl adjacent to an activating group) is 1. The molecule has 0 bridgehead atoms. The molecule has 0 aromatic heterocycles. The number of piperidine rings is 1. The number of likely N-dealkylation sites (tertiary alicyclic amines) is 1. The van der Waals surface area contributed by atoms with Crippen LogP contribution in [0.3, 0.4) is 0 Å². The third kappa shape index (κ3) is 4.01. The van der Waals surface area contributed by atoms with Crippen LogP contribution in [-0.2, 0) is 9.59 Å². The van der Waals surface area contributed by atoms with Crippen LogP contribution in [0.4, 0.5) is 0 Å². The first-order chi connectivity index (χ1) is 9.20. The molecule has 2 amide bonds. The lowest BCUT2D eigenvalue weighted by Gasteiger charge is -2.29. The first-order valence-electron chi connectivity index (χ1n) is 7.47. The Balaban J connectivity index is 1.80. The van der Waals surface area contributed by atoms with Crippen molar-refractivity contribution < 1.29 is 9.59 Å². The van der Waals surface area contributed by atoms with Crippen molar-refractivity contribution in [2.24, 2.45) is 5.92 Å². The summed E-state index contributed by atoms with van der Waals surface area (Å²) >= 11 is 0. The number of imide groups is 1. The minimum Gasteiger partial charge on any atom is -0.317 e. The van der Waals surface area contributed by atoms with Gasteiger partial charge in [-0.25, -0.2) is 0 Å². The van der Waals surface area contributed by atoms with Crippen LogP contribution < -0.4 is 5.32 Å². The van der Waals surface area contributed by atoms with Gasteiger partial charge in [0.25, 0.3) is 0 Å². The third-order valence-corrected chi connectivity index (χ3v) is 4.16. The van der Waals surface area contributed by atoms with Gasteiger partial charge in [0.2, 0.25) is 11.8 Å². The highest BCUT2D eigenvalue weighted by Crippen LogP contribution is 2.14. The molecule has 2 saturated heterocycles. The highest BCUT2D eigenvalue weighted by Gasteiger charge is 2.27. The van der Waals surface area contributed by atoms with Gasteiger partial charge in [-0.1, -0.05) is 6.92 Å². The van der Waals surface area contributed by atoms with E-state index in [0.29, 0.717) is 25.4 Å². The summed E-state index contributed by atoms with van der Waals surface area (Å²) in [4.78, 5) is 27.3. The average molecular weight is 267 g/mol. The first kappa shape index (κ1) is 14.5. The molecule has 2 aliphatic heterocycles. The second-order valence-corrected chi connectivity index (χ2v) is 5.56. The van der Waals surface area contributed by atoms with E-state index >= 15 is 0 Å². The minimum absolute atomic E-state index is 0.00270. The van der Waals surface area contributed by atoms with Crippen molar-refractivity contribution in [3.8, 4) is 0 Å². The molecule has 108 valence electrons. The molecule has 5 heteroatoms. The van der Waals surface area contributed by atoms with Crippen molar-refractivity contribution in [2.45, 2.75) is 32.6 Å². The number of rotatable bonds is 5. The predicted molar refractivity (Wildman–Crippen MR) is 73.7 cm³/mol. The normalized spacial score (nSPS) is 21.4. The highest BCUT2D eigenvalue weighted by molar-refractivity contribution is 5.97. The van der Waals surface area contributed by atoms with E-state index < -0.39 is 0 Å². The summed E-state index contributed by atoms with van der Waals surface area (Å²) < 4.78 is 0. The second-order valence-electron chi connectivity index (χ2n) is 5.56. The van der Waals surface area contributed by atoms with Crippen LogP contribution in [-0.4, -0.2) is 60.9 Å². The Morgan fingerprint density at radius 1 is 1.42 bits per heavy atom. The molecule has 2 heterocycles. The number of hydrogen-bond acceptors (Lipinski definition) is 4. The summed E-state index contributed by atoms with van der Waals surface area (Å²) in [6.07, 6.45) is 3.73. The standard InChI is InChI=1S/C14H25N3O2/c1-2-16(10-12-5-7-15-8-6-12)11-14(19)17-9-3-4-13(17)18/h12,15H,2-11H2,1H3. The van der Waals surface area contributed by atoms with Crippen LogP contribution in [0.25, 0.3) is 0 Å². The van der Waals surface area contributed by atoms with Crippen molar-refractivity contribution in [3.63, 3.8) is 0 Å².